The molecule has 0 saturated heterocycles. The quantitative estimate of drug-likeness (QED) is 0.0393. The summed E-state index contributed by atoms with van der Waals surface area (Å²) in [4.78, 5) is 8.57. The third-order valence-electron chi connectivity index (χ3n) is 11.7. The van der Waals surface area contributed by atoms with Crippen LogP contribution in [0.1, 0.15) is 192 Å². The Kier molecular flexibility index (Phi) is 27.7. The van der Waals surface area contributed by atoms with Crippen molar-refractivity contribution in [3.8, 4) is 28.0 Å². The fourth-order valence-electron chi connectivity index (χ4n) is 8.14. The van der Waals surface area contributed by atoms with Crippen molar-refractivity contribution in [1.82, 2.24) is 0 Å². The first kappa shape index (κ1) is 49.2. The van der Waals surface area contributed by atoms with E-state index in [1.54, 1.807) is 24.3 Å². The summed E-state index contributed by atoms with van der Waals surface area (Å²) in [5.41, 5.74) is 7.22. The number of phenolic OH excluding ortho intramolecular Hbond substituents is 1. The van der Waals surface area contributed by atoms with Crippen LogP contribution in [0.4, 0.5) is 0 Å². The van der Waals surface area contributed by atoms with Gasteiger partial charge in [0.05, 0.1) is 0 Å². The average molecular weight is 809 g/mol. The number of hydrogen-bond acceptors (Lipinski definition) is 2. The van der Waals surface area contributed by atoms with E-state index in [9.17, 15) is 9.67 Å². The first-order valence-corrected chi connectivity index (χ1v) is 25.2. The van der Waals surface area contributed by atoms with Gasteiger partial charge >= 0.3 is 0 Å². The highest BCUT2D eigenvalue weighted by atomic mass is 31.1. The van der Waals surface area contributed by atoms with Crippen LogP contribution in [-0.4, -0.2) is 10.00 Å². The summed E-state index contributed by atoms with van der Waals surface area (Å²) in [6.07, 6.45) is 38.4. The van der Waals surface area contributed by atoms with Crippen LogP contribution in [0.3, 0.4) is 0 Å². The van der Waals surface area contributed by atoms with Gasteiger partial charge in [0.1, 0.15) is 5.75 Å². The molecule has 3 nitrogen and oxygen atoms in total. The van der Waals surface area contributed by atoms with E-state index in [-0.39, 0.29) is 0 Å². The number of aromatic hydroxyl groups is 1. The maximum atomic E-state index is 11.1. The van der Waals surface area contributed by atoms with Gasteiger partial charge in [0.2, 0.25) is 8.03 Å². The van der Waals surface area contributed by atoms with E-state index in [1.807, 2.05) is 18.2 Å². The molecule has 0 heterocycles. The van der Waals surface area contributed by atoms with Gasteiger partial charge in [-0.15, -0.1) is 0 Å². The van der Waals surface area contributed by atoms with E-state index < -0.39 is 8.03 Å². The molecule has 4 aromatic rings. The smallest absolute Gasteiger partial charge is 0.218 e. The van der Waals surface area contributed by atoms with Gasteiger partial charge in [-0.3, -0.25) is 4.57 Å². The van der Waals surface area contributed by atoms with Crippen molar-refractivity contribution in [2.24, 2.45) is 0 Å². The molecule has 4 heteroatoms. The van der Waals surface area contributed by atoms with Crippen LogP contribution in [0.5, 0.6) is 5.75 Å². The number of benzene rings is 4. The summed E-state index contributed by atoms with van der Waals surface area (Å²) in [5, 5.41) is 11.6. The van der Waals surface area contributed by atoms with Crippen LogP contribution in [0.2, 0.25) is 0 Å². The lowest BCUT2D eigenvalue weighted by Crippen LogP contribution is -1.92. The molecule has 0 fully saturated rings. The van der Waals surface area contributed by atoms with Crippen LogP contribution in [0.15, 0.2) is 97.1 Å². The summed E-state index contributed by atoms with van der Waals surface area (Å²) in [6, 6.07) is 32.6. The van der Waals surface area contributed by atoms with Gasteiger partial charge in [-0.1, -0.05) is 247 Å². The number of phenols is 1. The maximum absolute atomic E-state index is 11.1. The Hall–Kier alpha value is -3.13. The highest BCUT2D eigenvalue weighted by Crippen LogP contribution is 2.39. The Bertz CT molecular complexity index is 1620. The zero-order valence-corrected chi connectivity index (χ0v) is 37.8. The van der Waals surface area contributed by atoms with Crippen LogP contribution in [-0.2, 0) is 17.4 Å². The molecule has 0 aliphatic carbocycles. The molecule has 0 aliphatic heterocycles. The topological polar surface area (TPSA) is 57.5 Å². The second-order valence-electron chi connectivity index (χ2n) is 16.8. The standard InChI is InChI=1S/C48H74O.C6H7O2P/c1-3-5-7-9-11-13-15-17-19-21-23-25-27-32-42-34-29-36-44(40-42)46-38-31-39-47(49)48(46)45-37-30-35-43(41-45)33-28-26-24-22-20-18-16-14-12-10-8-6-4-2;7-9(8)6-4-2-1-3-5-6/h29-31,34-41,49H,3-28,32-33H2,1-2H3;1-5,9H,(H,7,8). The fraction of sp³-hybridized carbons (Fsp3) is 0.556. The lowest BCUT2D eigenvalue weighted by molar-refractivity contribution is 0.477. The monoisotopic (exact) mass is 809 g/mol. The maximum Gasteiger partial charge on any atom is 0.218 e. The Morgan fingerprint density at radius 2 is 0.793 bits per heavy atom. The minimum absolute atomic E-state index is 0.373. The van der Waals surface area contributed by atoms with Crippen molar-refractivity contribution in [2.45, 2.75) is 194 Å². The molecule has 0 bridgehead atoms. The second kappa shape index (κ2) is 32.7. The van der Waals surface area contributed by atoms with Gasteiger partial charge in [0.25, 0.3) is 0 Å². The Morgan fingerprint density at radius 1 is 0.414 bits per heavy atom. The molecular formula is C54H81O3P. The Labute approximate surface area is 356 Å². The normalized spacial score (nSPS) is 11.6. The molecular weight excluding hydrogens is 728 g/mol. The van der Waals surface area contributed by atoms with E-state index in [2.05, 4.69) is 68.4 Å². The van der Waals surface area contributed by atoms with E-state index in [0.29, 0.717) is 11.1 Å². The zero-order chi connectivity index (χ0) is 41.3. The van der Waals surface area contributed by atoms with E-state index in [0.717, 1.165) is 29.5 Å². The molecule has 4 aromatic carbocycles. The Balaban J connectivity index is 0.000000878. The van der Waals surface area contributed by atoms with Crippen LogP contribution >= 0.6 is 8.03 Å². The number of aryl methyl sites for hydroxylation is 2. The summed E-state index contributed by atoms with van der Waals surface area (Å²) < 4.78 is 10.4. The highest BCUT2D eigenvalue weighted by molar-refractivity contribution is 7.47. The van der Waals surface area contributed by atoms with Crippen molar-refractivity contribution in [3.05, 3.63) is 108 Å². The highest BCUT2D eigenvalue weighted by Gasteiger charge is 2.13. The molecule has 0 spiro atoms. The van der Waals surface area contributed by atoms with Gasteiger partial charge in [0.15, 0.2) is 0 Å². The van der Waals surface area contributed by atoms with Gasteiger partial charge in [0, 0.05) is 10.9 Å². The predicted octanol–water partition coefficient (Wildman–Crippen LogP) is 16.8. The van der Waals surface area contributed by atoms with Gasteiger partial charge < -0.3 is 10.00 Å². The lowest BCUT2D eigenvalue weighted by atomic mass is 9.91. The van der Waals surface area contributed by atoms with E-state index >= 15 is 0 Å². The fourth-order valence-corrected chi connectivity index (χ4v) is 8.61. The van der Waals surface area contributed by atoms with Gasteiger partial charge in [-0.25, -0.2) is 0 Å². The average Bonchev–Trinajstić information content (AvgIpc) is 3.25. The molecule has 0 radical (unpaired) electrons. The molecule has 1 unspecified atom stereocenters. The van der Waals surface area contributed by atoms with E-state index in [1.165, 1.54) is 184 Å². The number of rotatable bonds is 31. The zero-order valence-electron chi connectivity index (χ0n) is 36.8. The molecule has 58 heavy (non-hydrogen) atoms. The van der Waals surface area contributed by atoms with Crippen molar-refractivity contribution in [2.75, 3.05) is 0 Å². The van der Waals surface area contributed by atoms with Crippen molar-refractivity contribution in [1.29, 1.82) is 0 Å². The minimum atomic E-state index is -2.46. The van der Waals surface area contributed by atoms with Gasteiger partial charge in [-0.2, -0.15) is 0 Å². The SMILES string of the molecule is CCCCCCCCCCCCCCCc1cccc(-c2cccc(O)c2-c2cccc(CCCCCCCCCCCCCCC)c2)c1.O=[PH](O)c1ccccc1. The molecule has 0 aromatic heterocycles. The third-order valence-corrected chi connectivity index (χ3v) is 12.5. The summed E-state index contributed by atoms with van der Waals surface area (Å²) in [6.45, 7) is 4.59. The molecule has 0 aliphatic rings. The van der Waals surface area contributed by atoms with Crippen molar-refractivity contribution < 1.29 is 14.6 Å². The second-order valence-corrected chi connectivity index (χ2v) is 17.9. The summed E-state index contributed by atoms with van der Waals surface area (Å²) >= 11 is 0. The molecule has 2 N–H and O–H groups in total. The molecule has 320 valence electrons. The summed E-state index contributed by atoms with van der Waals surface area (Å²) in [7, 11) is -2.46. The van der Waals surface area contributed by atoms with E-state index in [4.69, 9.17) is 4.89 Å². The van der Waals surface area contributed by atoms with Crippen LogP contribution in [0.25, 0.3) is 22.3 Å². The molecule has 0 saturated carbocycles. The largest absolute Gasteiger partial charge is 0.507 e. The number of hydrogen-bond donors (Lipinski definition) is 2. The summed E-state index contributed by atoms with van der Waals surface area (Å²) in [5.74, 6) is 0.373. The molecule has 0 amide bonds. The first-order valence-electron chi connectivity index (χ1n) is 23.8. The van der Waals surface area contributed by atoms with Crippen molar-refractivity contribution in [3.63, 3.8) is 0 Å². The van der Waals surface area contributed by atoms with Crippen LogP contribution in [0, 0.1) is 0 Å². The minimum Gasteiger partial charge on any atom is -0.507 e. The molecule has 1 atom stereocenters. The van der Waals surface area contributed by atoms with Crippen molar-refractivity contribution >= 4 is 13.3 Å². The van der Waals surface area contributed by atoms with Gasteiger partial charge in [-0.05, 0) is 71.7 Å². The first-order chi connectivity index (χ1) is 28.5. The predicted molar refractivity (Wildman–Crippen MR) is 255 cm³/mol. The van der Waals surface area contributed by atoms with Crippen LogP contribution < -0.4 is 5.30 Å². The lowest BCUT2D eigenvalue weighted by Gasteiger charge is -2.14. The Morgan fingerprint density at radius 3 is 1.21 bits per heavy atom. The molecule has 4 rings (SSSR count). The third kappa shape index (κ3) is 21.8. The number of unbranched alkanes of at least 4 members (excludes halogenated alkanes) is 24.